The zero-order chi connectivity index (χ0) is 13.3. The van der Waals surface area contributed by atoms with E-state index >= 15 is 0 Å². The standard InChI is InChI=1S/C14H13ClO2S/c1-8-6-9(2)12(11(7-8)17-3)13(16)14-10(15)4-5-18-14/h4-7H,1-3H3. The molecule has 2 aromatic rings. The minimum atomic E-state index is -0.0793. The van der Waals surface area contributed by atoms with Crippen molar-refractivity contribution in [3.8, 4) is 5.75 Å². The van der Waals surface area contributed by atoms with E-state index in [-0.39, 0.29) is 5.78 Å². The maximum Gasteiger partial charge on any atom is 0.208 e. The third-order valence-electron chi connectivity index (χ3n) is 2.71. The van der Waals surface area contributed by atoms with Crippen LogP contribution in [0.25, 0.3) is 0 Å². The second kappa shape index (κ2) is 5.12. The van der Waals surface area contributed by atoms with Gasteiger partial charge in [-0.15, -0.1) is 11.3 Å². The second-order valence-electron chi connectivity index (χ2n) is 4.09. The van der Waals surface area contributed by atoms with E-state index in [1.807, 2.05) is 31.4 Å². The minimum Gasteiger partial charge on any atom is -0.496 e. The van der Waals surface area contributed by atoms with E-state index in [0.29, 0.717) is 21.2 Å². The highest BCUT2D eigenvalue weighted by Gasteiger charge is 2.20. The summed E-state index contributed by atoms with van der Waals surface area (Å²) >= 11 is 7.36. The zero-order valence-corrected chi connectivity index (χ0v) is 12.0. The van der Waals surface area contributed by atoms with Gasteiger partial charge in [0.2, 0.25) is 5.78 Å². The number of hydrogen-bond donors (Lipinski definition) is 0. The maximum absolute atomic E-state index is 12.5. The third-order valence-corrected chi connectivity index (χ3v) is 4.05. The molecule has 2 rings (SSSR count). The number of halogens is 1. The van der Waals surface area contributed by atoms with Crippen LogP contribution in [0.4, 0.5) is 0 Å². The molecule has 0 aliphatic heterocycles. The van der Waals surface area contributed by atoms with Crippen LogP contribution in [-0.2, 0) is 0 Å². The Balaban J connectivity index is 2.58. The summed E-state index contributed by atoms with van der Waals surface area (Å²) in [6.07, 6.45) is 0. The molecule has 94 valence electrons. The van der Waals surface area contributed by atoms with Gasteiger partial charge in [0.05, 0.1) is 22.6 Å². The Kier molecular flexibility index (Phi) is 3.73. The summed E-state index contributed by atoms with van der Waals surface area (Å²) in [4.78, 5) is 13.0. The Bertz CT molecular complexity index is 602. The maximum atomic E-state index is 12.5. The molecule has 0 amide bonds. The number of carbonyl (C=O) groups is 1. The van der Waals surface area contributed by atoms with E-state index in [1.54, 1.807) is 13.2 Å². The van der Waals surface area contributed by atoms with Crippen LogP contribution in [0.3, 0.4) is 0 Å². The Morgan fingerprint density at radius 3 is 2.61 bits per heavy atom. The first-order valence-electron chi connectivity index (χ1n) is 5.47. The van der Waals surface area contributed by atoms with Crippen molar-refractivity contribution < 1.29 is 9.53 Å². The number of ether oxygens (including phenoxy) is 1. The molecule has 0 radical (unpaired) electrons. The van der Waals surface area contributed by atoms with Gasteiger partial charge in [-0.1, -0.05) is 17.7 Å². The lowest BCUT2D eigenvalue weighted by atomic mass is 10.00. The molecular formula is C14H13ClO2S. The predicted octanol–water partition coefficient (Wildman–Crippen LogP) is 4.26. The van der Waals surface area contributed by atoms with E-state index in [4.69, 9.17) is 16.3 Å². The summed E-state index contributed by atoms with van der Waals surface area (Å²) in [6.45, 7) is 3.88. The molecule has 0 bridgehead atoms. The van der Waals surface area contributed by atoms with Gasteiger partial charge in [0.15, 0.2) is 0 Å². The molecule has 0 atom stereocenters. The van der Waals surface area contributed by atoms with Crippen molar-refractivity contribution in [3.63, 3.8) is 0 Å². The van der Waals surface area contributed by atoms with Crippen molar-refractivity contribution in [3.05, 3.63) is 50.2 Å². The largest absolute Gasteiger partial charge is 0.496 e. The molecule has 0 saturated carbocycles. The summed E-state index contributed by atoms with van der Waals surface area (Å²) in [5, 5.41) is 2.30. The van der Waals surface area contributed by atoms with Gasteiger partial charge in [0.1, 0.15) is 5.75 Å². The highest BCUT2D eigenvalue weighted by molar-refractivity contribution is 7.13. The first-order chi connectivity index (χ1) is 8.54. The highest BCUT2D eigenvalue weighted by atomic mass is 35.5. The fourth-order valence-electron chi connectivity index (χ4n) is 1.95. The van der Waals surface area contributed by atoms with Gasteiger partial charge >= 0.3 is 0 Å². The number of rotatable bonds is 3. The number of ketones is 1. The van der Waals surface area contributed by atoms with Crippen molar-refractivity contribution in [1.82, 2.24) is 0 Å². The summed E-state index contributed by atoms with van der Waals surface area (Å²) in [5.74, 6) is 0.520. The van der Waals surface area contributed by atoms with Crippen LogP contribution in [0, 0.1) is 13.8 Å². The summed E-state index contributed by atoms with van der Waals surface area (Å²) in [7, 11) is 1.57. The number of thiophene rings is 1. The molecule has 0 fully saturated rings. The van der Waals surface area contributed by atoms with E-state index in [1.165, 1.54) is 11.3 Å². The molecule has 0 unspecified atom stereocenters. The first-order valence-corrected chi connectivity index (χ1v) is 6.73. The molecule has 0 aliphatic rings. The van der Waals surface area contributed by atoms with Crippen LogP contribution >= 0.6 is 22.9 Å². The normalized spacial score (nSPS) is 10.4. The molecule has 1 aromatic heterocycles. The molecule has 18 heavy (non-hydrogen) atoms. The van der Waals surface area contributed by atoms with Gasteiger partial charge < -0.3 is 4.74 Å². The molecule has 2 nitrogen and oxygen atoms in total. The molecule has 0 saturated heterocycles. The van der Waals surface area contributed by atoms with Gasteiger partial charge in [0.25, 0.3) is 0 Å². The average Bonchev–Trinajstić information content (AvgIpc) is 2.73. The van der Waals surface area contributed by atoms with Crippen LogP contribution in [0.2, 0.25) is 5.02 Å². The van der Waals surface area contributed by atoms with Gasteiger partial charge in [0, 0.05) is 0 Å². The zero-order valence-electron chi connectivity index (χ0n) is 10.4. The lowest BCUT2D eigenvalue weighted by Crippen LogP contribution is -2.05. The average molecular weight is 281 g/mol. The van der Waals surface area contributed by atoms with E-state index in [9.17, 15) is 4.79 Å². The number of aryl methyl sites for hydroxylation is 2. The lowest BCUT2D eigenvalue weighted by Gasteiger charge is -2.11. The smallest absolute Gasteiger partial charge is 0.208 e. The van der Waals surface area contributed by atoms with Crippen LogP contribution in [0.15, 0.2) is 23.6 Å². The quantitative estimate of drug-likeness (QED) is 0.786. The molecule has 0 aliphatic carbocycles. The number of benzene rings is 1. The Labute approximate surface area is 115 Å². The van der Waals surface area contributed by atoms with Gasteiger partial charge in [-0.25, -0.2) is 0 Å². The molecule has 0 N–H and O–H groups in total. The van der Waals surface area contributed by atoms with Gasteiger partial charge in [-0.2, -0.15) is 0 Å². The van der Waals surface area contributed by atoms with Crippen LogP contribution in [-0.4, -0.2) is 12.9 Å². The topological polar surface area (TPSA) is 26.3 Å². The van der Waals surface area contributed by atoms with Crippen molar-refractivity contribution >= 4 is 28.7 Å². The first kappa shape index (κ1) is 13.1. The van der Waals surface area contributed by atoms with Crippen molar-refractivity contribution in [2.24, 2.45) is 0 Å². The highest BCUT2D eigenvalue weighted by Crippen LogP contribution is 2.31. The van der Waals surface area contributed by atoms with Crippen molar-refractivity contribution in [2.75, 3.05) is 7.11 Å². The Morgan fingerprint density at radius 2 is 2.06 bits per heavy atom. The predicted molar refractivity (Wildman–Crippen MR) is 75.2 cm³/mol. The van der Waals surface area contributed by atoms with E-state index in [0.717, 1.165) is 11.1 Å². The van der Waals surface area contributed by atoms with Crippen LogP contribution < -0.4 is 4.74 Å². The molecular weight excluding hydrogens is 268 g/mol. The number of carbonyl (C=O) groups excluding carboxylic acids is 1. The molecule has 0 spiro atoms. The third kappa shape index (κ3) is 2.28. The molecule has 1 heterocycles. The summed E-state index contributed by atoms with van der Waals surface area (Å²) in [5.41, 5.74) is 2.56. The van der Waals surface area contributed by atoms with Gasteiger partial charge in [-0.3, -0.25) is 4.79 Å². The second-order valence-corrected chi connectivity index (χ2v) is 5.41. The monoisotopic (exact) mass is 280 g/mol. The minimum absolute atomic E-state index is 0.0793. The fraction of sp³-hybridized carbons (Fsp3) is 0.214. The van der Waals surface area contributed by atoms with E-state index in [2.05, 4.69) is 0 Å². The van der Waals surface area contributed by atoms with Crippen LogP contribution in [0.5, 0.6) is 5.75 Å². The summed E-state index contributed by atoms with van der Waals surface area (Å²) in [6, 6.07) is 5.56. The SMILES string of the molecule is COc1cc(C)cc(C)c1C(=O)c1sccc1Cl. The molecule has 1 aromatic carbocycles. The summed E-state index contributed by atoms with van der Waals surface area (Å²) < 4.78 is 5.31. The lowest BCUT2D eigenvalue weighted by molar-refractivity contribution is 0.103. The van der Waals surface area contributed by atoms with Gasteiger partial charge in [-0.05, 0) is 42.5 Å². The van der Waals surface area contributed by atoms with Crippen molar-refractivity contribution in [1.29, 1.82) is 0 Å². The fourth-order valence-corrected chi connectivity index (χ4v) is 3.04. The van der Waals surface area contributed by atoms with Crippen LogP contribution in [0.1, 0.15) is 26.4 Å². The number of hydrogen-bond acceptors (Lipinski definition) is 3. The Morgan fingerprint density at radius 1 is 1.33 bits per heavy atom. The van der Waals surface area contributed by atoms with Crippen molar-refractivity contribution in [2.45, 2.75) is 13.8 Å². The molecule has 4 heteroatoms. The number of methoxy groups -OCH3 is 1. The van der Waals surface area contributed by atoms with E-state index < -0.39 is 0 Å². The Hall–Kier alpha value is -1.32.